The van der Waals surface area contributed by atoms with Crippen molar-refractivity contribution in [3.05, 3.63) is 58.7 Å². The summed E-state index contributed by atoms with van der Waals surface area (Å²) in [5.74, 6) is -3.55. The smallest absolute Gasteiger partial charge is 0.339 e. The topological polar surface area (TPSA) is 112 Å². The molecule has 2 rings (SSSR count). The van der Waals surface area contributed by atoms with Gasteiger partial charge in [0.15, 0.2) is 5.78 Å². The molecule has 0 amide bonds. The van der Waals surface area contributed by atoms with E-state index in [1.807, 2.05) is 0 Å². The number of hydrogen-bond acceptors (Lipinski definition) is 4. The number of carboxylic acids is 2. The zero-order chi connectivity index (χ0) is 16.4. The SMILES string of the molecule is C/C(=C1/C=CC(=O)C(C(=O)O)=C1)c1ccc(O)c(C(=O)O)c1. The second-order valence-corrected chi connectivity index (χ2v) is 4.68. The highest BCUT2D eigenvalue weighted by molar-refractivity contribution is 6.22. The van der Waals surface area contributed by atoms with E-state index >= 15 is 0 Å². The molecule has 6 nitrogen and oxygen atoms in total. The van der Waals surface area contributed by atoms with E-state index in [0.717, 1.165) is 6.08 Å². The Labute approximate surface area is 125 Å². The van der Waals surface area contributed by atoms with E-state index in [0.29, 0.717) is 16.7 Å². The molecule has 1 aromatic rings. The second-order valence-electron chi connectivity index (χ2n) is 4.68. The zero-order valence-electron chi connectivity index (χ0n) is 11.5. The lowest BCUT2D eigenvalue weighted by molar-refractivity contribution is -0.134. The fourth-order valence-corrected chi connectivity index (χ4v) is 2.04. The van der Waals surface area contributed by atoms with Crippen molar-refractivity contribution in [2.24, 2.45) is 0 Å². The maximum absolute atomic E-state index is 11.5. The van der Waals surface area contributed by atoms with Crippen LogP contribution in [0.15, 0.2) is 47.6 Å². The number of phenols is 1. The molecule has 1 aromatic carbocycles. The quantitative estimate of drug-likeness (QED) is 0.736. The number of carbonyl (C=O) groups is 3. The number of aromatic hydroxyl groups is 1. The fourth-order valence-electron chi connectivity index (χ4n) is 2.04. The summed E-state index contributed by atoms with van der Waals surface area (Å²) in [6.07, 6.45) is 3.87. The summed E-state index contributed by atoms with van der Waals surface area (Å²) in [5.41, 5.74) is 0.971. The van der Waals surface area contributed by atoms with E-state index in [2.05, 4.69) is 0 Å². The third kappa shape index (κ3) is 2.80. The van der Waals surface area contributed by atoms with E-state index in [1.165, 1.54) is 30.4 Å². The summed E-state index contributed by atoms with van der Waals surface area (Å²) in [7, 11) is 0. The predicted octanol–water partition coefficient (Wildman–Crippen LogP) is 2.01. The van der Waals surface area contributed by atoms with Crippen molar-refractivity contribution in [2.45, 2.75) is 6.92 Å². The van der Waals surface area contributed by atoms with Crippen LogP contribution in [0, 0.1) is 0 Å². The number of benzene rings is 1. The lowest BCUT2D eigenvalue weighted by atomic mass is 9.93. The monoisotopic (exact) mass is 300 g/mol. The van der Waals surface area contributed by atoms with Gasteiger partial charge in [-0.15, -0.1) is 0 Å². The first kappa shape index (κ1) is 15.2. The molecule has 3 N–H and O–H groups in total. The molecule has 0 aliphatic heterocycles. The average Bonchev–Trinajstić information content (AvgIpc) is 2.47. The summed E-state index contributed by atoms with van der Waals surface area (Å²) < 4.78 is 0. The van der Waals surface area contributed by atoms with Crippen molar-refractivity contribution in [3.8, 4) is 5.75 Å². The van der Waals surface area contributed by atoms with Gasteiger partial charge >= 0.3 is 11.9 Å². The molecule has 0 saturated carbocycles. The summed E-state index contributed by atoms with van der Waals surface area (Å²) in [6.45, 7) is 1.67. The zero-order valence-corrected chi connectivity index (χ0v) is 11.5. The van der Waals surface area contributed by atoms with Gasteiger partial charge < -0.3 is 15.3 Å². The van der Waals surface area contributed by atoms with Gasteiger partial charge in [0.05, 0.1) is 0 Å². The molecule has 1 aliphatic carbocycles. The van der Waals surface area contributed by atoms with Gasteiger partial charge in [-0.3, -0.25) is 4.79 Å². The van der Waals surface area contributed by atoms with E-state index in [-0.39, 0.29) is 16.9 Å². The standard InChI is InChI=1S/C16H12O6/c1-8(9-2-4-13(17)11(6-9)15(19)20)10-3-5-14(18)12(7-10)16(21)22/h2-7,17H,1H3,(H,19,20)(H,21,22)/b10-8+. The van der Waals surface area contributed by atoms with Crippen molar-refractivity contribution < 1.29 is 29.7 Å². The number of hydrogen-bond donors (Lipinski definition) is 3. The molecule has 0 atom stereocenters. The highest BCUT2D eigenvalue weighted by Gasteiger charge is 2.19. The van der Waals surface area contributed by atoms with Crippen LogP contribution >= 0.6 is 0 Å². The van der Waals surface area contributed by atoms with Crippen LogP contribution in [0.3, 0.4) is 0 Å². The van der Waals surface area contributed by atoms with Crippen molar-refractivity contribution in [1.82, 2.24) is 0 Å². The van der Waals surface area contributed by atoms with Crippen LogP contribution in [0.2, 0.25) is 0 Å². The van der Waals surface area contributed by atoms with Crippen LogP contribution < -0.4 is 0 Å². The third-order valence-electron chi connectivity index (χ3n) is 3.30. The largest absolute Gasteiger partial charge is 0.507 e. The maximum atomic E-state index is 11.5. The van der Waals surface area contributed by atoms with E-state index < -0.39 is 17.7 Å². The Morgan fingerprint density at radius 1 is 1.05 bits per heavy atom. The molecule has 0 aromatic heterocycles. The number of allylic oxidation sites excluding steroid dienone is 5. The Morgan fingerprint density at radius 3 is 2.32 bits per heavy atom. The van der Waals surface area contributed by atoms with Gasteiger partial charge in [0, 0.05) is 0 Å². The van der Waals surface area contributed by atoms with Crippen LogP contribution in [-0.4, -0.2) is 33.0 Å². The van der Waals surface area contributed by atoms with Crippen molar-refractivity contribution in [2.75, 3.05) is 0 Å². The van der Waals surface area contributed by atoms with E-state index in [9.17, 15) is 19.5 Å². The lowest BCUT2D eigenvalue weighted by Gasteiger charge is -2.11. The minimum Gasteiger partial charge on any atom is -0.507 e. The molecule has 6 heteroatoms. The molecule has 22 heavy (non-hydrogen) atoms. The molecule has 0 bridgehead atoms. The van der Waals surface area contributed by atoms with Gasteiger partial charge in [-0.25, -0.2) is 9.59 Å². The Hall–Kier alpha value is -3.15. The molecular formula is C16H12O6. The number of carbonyl (C=O) groups excluding carboxylic acids is 1. The predicted molar refractivity (Wildman–Crippen MR) is 77.5 cm³/mol. The number of aromatic carboxylic acids is 1. The Bertz CT molecular complexity index is 780. The molecule has 0 saturated heterocycles. The highest BCUT2D eigenvalue weighted by Crippen LogP contribution is 2.27. The van der Waals surface area contributed by atoms with Crippen LogP contribution in [0.25, 0.3) is 5.57 Å². The number of ketones is 1. The molecule has 0 unspecified atom stereocenters. The maximum Gasteiger partial charge on any atom is 0.339 e. The van der Waals surface area contributed by atoms with Gasteiger partial charge in [-0.2, -0.15) is 0 Å². The van der Waals surface area contributed by atoms with Crippen molar-refractivity contribution in [3.63, 3.8) is 0 Å². The van der Waals surface area contributed by atoms with E-state index in [4.69, 9.17) is 10.2 Å². The molecule has 112 valence electrons. The number of rotatable bonds is 3. The van der Waals surface area contributed by atoms with Gasteiger partial charge in [-0.1, -0.05) is 12.1 Å². The van der Waals surface area contributed by atoms with Gasteiger partial charge in [0.2, 0.25) is 0 Å². The van der Waals surface area contributed by atoms with Crippen LogP contribution in [-0.2, 0) is 9.59 Å². The highest BCUT2D eigenvalue weighted by atomic mass is 16.4. The first-order valence-corrected chi connectivity index (χ1v) is 6.26. The second kappa shape index (κ2) is 5.69. The molecule has 0 spiro atoms. The first-order valence-electron chi connectivity index (χ1n) is 6.26. The average molecular weight is 300 g/mol. The lowest BCUT2D eigenvalue weighted by Crippen LogP contribution is -2.13. The normalized spacial score (nSPS) is 16.2. The minimum absolute atomic E-state index is 0.254. The Kier molecular flexibility index (Phi) is 3.94. The van der Waals surface area contributed by atoms with Crippen LogP contribution in [0.4, 0.5) is 0 Å². The molecule has 1 aliphatic rings. The summed E-state index contributed by atoms with van der Waals surface area (Å²) in [4.78, 5) is 33.5. The summed E-state index contributed by atoms with van der Waals surface area (Å²) >= 11 is 0. The summed E-state index contributed by atoms with van der Waals surface area (Å²) in [6, 6.07) is 4.06. The number of aliphatic carboxylic acids is 1. The first-order chi connectivity index (χ1) is 10.3. The van der Waals surface area contributed by atoms with Gasteiger partial charge in [0.25, 0.3) is 0 Å². The van der Waals surface area contributed by atoms with Crippen molar-refractivity contribution in [1.29, 1.82) is 0 Å². The number of carboxylic acid groups (broad SMARTS) is 2. The Balaban J connectivity index is 2.55. The fraction of sp³-hybridized carbons (Fsp3) is 0.0625. The molecular weight excluding hydrogens is 288 g/mol. The van der Waals surface area contributed by atoms with Crippen LogP contribution in [0.1, 0.15) is 22.8 Å². The molecule has 0 heterocycles. The van der Waals surface area contributed by atoms with Gasteiger partial charge in [-0.05, 0) is 47.9 Å². The minimum atomic E-state index is -1.32. The molecule has 0 fully saturated rings. The third-order valence-corrected chi connectivity index (χ3v) is 3.30. The van der Waals surface area contributed by atoms with E-state index in [1.54, 1.807) is 6.92 Å². The van der Waals surface area contributed by atoms with Gasteiger partial charge in [0.1, 0.15) is 16.9 Å². The van der Waals surface area contributed by atoms with Crippen molar-refractivity contribution >= 4 is 23.3 Å². The van der Waals surface area contributed by atoms with Crippen LogP contribution in [0.5, 0.6) is 5.75 Å². The summed E-state index contributed by atoms with van der Waals surface area (Å²) in [5, 5.41) is 27.5. The molecule has 0 radical (unpaired) electrons. The Morgan fingerprint density at radius 2 is 1.73 bits per heavy atom.